The molecule has 152 valence electrons. The Morgan fingerprint density at radius 2 is 1.66 bits per heavy atom. The van der Waals surface area contributed by atoms with Gasteiger partial charge in [-0.15, -0.1) is 0 Å². The molecule has 0 radical (unpaired) electrons. The van der Waals surface area contributed by atoms with Gasteiger partial charge in [-0.05, 0) is 55.7 Å². The summed E-state index contributed by atoms with van der Waals surface area (Å²) in [6.45, 7) is 0.870. The first-order chi connectivity index (χ1) is 14.2. The molecule has 0 saturated carbocycles. The van der Waals surface area contributed by atoms with Crippen molar-refractivity contribution in [1.29, 1.82) is 0 Å². The van der Waals surface area contributed by atoms with E-state index < -0.39 is 0 Å². The van der Waals surface area contributed by atoms with Crippen LogP contribution in [0.2, 0.25) is 0 Å². The number of fused-ring (bicyclic) bond motifs is 1. The molecular weight excluding hydrogens is 373 g/mol. The van der Waals surface area contributed by atoms with Gasteiger partial charge < -0.3 is 19.5 Å². The Kier molecular flexibility index (Phi) is 5.29. The molecule has 0 bridgehead atoms. The predicted octanol–water partition coefficient (Wildman–Crippen LogP) is 4.45. The number of rotatable bonds is 5. The van der Waals surface area contributed by atoms with E-state index in [4.69, 9.17) is 19.3 Å². The lowest BCUT2D eigenvalue weighted by Gasteiger charge is -2.14. The fourth-order valence-electron chi connectivity index (χ4n) is 3.72. The maximum Gasteiger partial charge on any atom is 0.203 e. The highest BCUT2D eigenvalue weighted by atomic mass is 19.1. The molecule has 1 aromatic heterocycles. The number of benzene rings is 2. The van der Waals surface area contributed by atoms with E-state index in [0.717, 1.165) is 54.1 Å². The van der Waals surface area contributed by atoms with Gasteiger partial charge in [-0.2, -0.15) is 5.10 Å². The van der Waals surface area contributed by atoms with Crippen LogP contribution >= 0.6 is 0 Å². The number of hydrogen-bond donors (Lipinski definition) is 1. The van der Waals surface area contributed by atoms with E-state index in [2.05, 4.69) is 5.32 Å². The average Bonchev–Trinajstić information content (AvgIpc) is 2.94. The number of halogens is 1. The van der Waals surface area contributed by atoms with Gasteiger partial charge in [-0.1, -0.05) is 0 Å². The number of nitrogens with zero attached hydrogens (tertiary/aromatic N) is 2. The van der Waals surface area contributed by atoms with Crippen LogP contribution in [0, 0.1) is 5.82 Å². The SMILES string of the molecule is COc1cc(-c2nn(-c3ccc(F)cc3)c3c2CCCCN3)cc(OC)c1OC. The molecule has 7 heteroatoms. The van der Waals surface area contributed by atoms with Crippen molar-refractivity contribution in [1.82, 2.24) is 9.78 Å². The standard InChI is InChI=1S/C22H24FN3O3/c1-27-18-12-14(13-19(28-2)21(18)29-3)20-17-6-4-5-11-24-22(17)26(25-20)16-9-7-15(23)8-10-16/h7-10,12-13,24H,4-6,11H2,1-3H3. The third-order valence-electron chi connectivity index (χ3n) is 5.14. The zero-order valence-corrected chi connectivity index (χ0v) is 16.8. The van der Waals surface area contributed by atoms with E-state index in [1.54, 1.807) is 33.5 Å². The fourth-order valence-corrected chi connectivity index (χ4v) is 3.72. The molecule has 0 aliphatic carbocycles. The number of ether oxygens (including phenoxy) is 3. The summed E-state index contributed by atoms with van der Waals surface area (Å²) in [6, 6.07) is 10.2. The van der Waals surface area contributed by atoms with E-state index in [1.807, 2.05) is 16.8 Å². The van der Waals surface area contributed by atoms with Gasteiger partial charge in [-0.25, -0.2) is 9.07 Å². The Bertz CT molecular complexity index is 990. The van der Waals surface area contributed by atoms with Crippen LogP contribution < -0.4 is 19.5 Å². The van der Waals surface area contributed by atoms with Crippen LogP contribution in [-0.2, 0) is 6.42 Å². The number of methoxy groups -OCH3 is 3. The van der Waals surface area contributed by atoms with Crippen LogP contribution in [0.4, 0.5) is 10.2 Å². The molecule has 4 rings (SSSR count). The third-order valence-corrected chi connectivity index (χ3v) is 5.14. The summed E-state index contributed by atoms with van der Waals surface area (Å²) < 4.78 is 31.8. The average molecular weight is 397 g/mol. The van der Waals surface area contributed by atoms with Crippen molar-refractivity contribution in [3.63, 3.8) is 0 Å². The first-order valence-electron chi connectivity index (χ1n) is 9.58. The largest absolute Gasteiger partial charge is 0.493 e. The van der Waals surface area contributed by atoms with Gasteiger partial charge in [0.05, 0.1) is 32.7 Å². The van der Waals surface area contributed by atoms with Crippen LogP contribution in [0.3, 0.4) is 0 Å². The molecule has 0 fully saturated rings. The predicted molar refractivity (Wildman–Crippen MR) is 110 cm³/mol. The third kappa shape index (κ3) is 3.48. The highest BCUT2D eigenvalue weighted by molar-refractivity contribution is 5.75. The highest BCUT2D eigenvalue weighted by Gasteiger charge is 2.24. The molecule has 29 heavy (non-hydrogen) atoms. The van der Waals surface area contributed by atoms with Crippen molar-refractivity contribution in [2.45, 2.75) is 19.3 Å². The molecular formula is C22H24FN3O3. The van der Waals surface area contributed by atoms with E-state index >= 15 is 0 Å². The molecule has 6 nitrogen and oxygen atoms in total. The summed E-state index contributed by atoms with van der Waals surface area (Å²) in [5.41, 5.74) is 3.65. The summed E-state index contributed by atoms with van der Waals surface area (Å²) in [5.74, 6) is 2.37. The van der Waals surface area contributed by atoms with Crippen LogP contribution in [-0.4, -0.2) is 37.7 Å². The molecule has 0 unspecified atom stereocenters. The second-order valence-electron chi connectivity index (χ2n) is 6.86. The van der Waals surface area contributed by atoms with Crippen molar-refractivity contribution >= 4 is 5.82 Å². The van der Waals surface area contributed by atoms with Crippen molar-refractivity contribution < 1.29 is 18.6 Å². The second kappa shape index (κ2) is 8.03. The summed E-state index contributed by atoms with van der Waals surface area (Å²) in [5, 5.41) is 8.39. The molecule has 2 aromatic carbocycles. The minimum absolute atomic E-state index is 0.273. The van der Waals surface area contributed by atoms with Crippen molar-refractivity contribution in [2.24, 2.45) is 0 Å². The molecule has 0 atom stereocenters. The lowest BCUT2D eigenvalue weighted by atomic mass is 10.0. The maximum atomic E-state index is 13.4. The molecule has 1 N–H and O–H groups in total. The molecule has 2 heterocycles. The summed E-state index contributed by atoms with van der Waals surface area (Å²) >= 11 is 0. The minimum atomic E-state index is -0.273. The lowest BCUT2D eigenvalue weighted by Crippen LogP contribution is -2.07. The molecule has 0 amide bonds. The van der Waals surface area contributed by atoms with Crippen LogP contribution in [0.15, 0.2) is 36.4 Å². The van der Waals surface area contributed by atoms with E-state index in [-0.39, 0.29) is 5.82 Å². The number of anilines is 1. The van der Waals surface area contributed by atoms with Gasteiger partial charge >= 0.3 is 0 Å². The Morgan fingerprint density at radius 1 is 0.966 bits per heavy atom. The Morgan fingerprint density at radius 3 is 2.28 bits per heavy atom. The first kappa shape index (κ1) is 19.1. The molecule has 3 aromatic rings. The summed E-state index contributed by atoms with van der Waals surface area (Å²) in [4.78, 5) is 0. The zero-order valence-electron chi connectivity index (χ0n) is 16.8. The van der Waals surface area contributed by atoms with Gasteiger partial charge in [0.25, 0.3) is 0 Å². The van der Waals surface area contributed by atoms with E-state index in [9.17, 15) is 4.39 Å². The maximum absolute atomic E-state index is 13.4. The molecule has 1 aliphatic heterocycles. The van der Waals surface area contributed by atoms with Crippen LogP contribution in [0.1, 0.15) is 18.4 Å². The highest BCUT2D eigenvalue weighted by Crippen LogP contribution is 2.43. The number of hydrogen-bond acceptors (Lipinski definition) is 5. The van der Waals surface area contributed by atoms with Crippen LogP contribution in [0.5, 0.6) is 17.2 Å². The topological polar surface area (TPSA) is 57.5 Å². The van der Waals surface area contributed by atoms with Gasteiger partial charge in [-0.3, -0.25) is 0 Å². The minimum Gasteiger partial charge on any atom is -0.493 e. The Balaban J connectivity index is 1.91. The monoisotopic (exact) mass is 397 g/mol. The summed E-state index contributed by atoms with van der Waals surface area (Å²) in [6.07, 6.45) is 3.04. The summed E-state index contributed by atoms with van der Waals surface area (Å²) in [7, 11) is 4.78. The molecule has 0 spiro atoms. The molecule has 0 saturated heterocycles. The number of nitrogens with one attached hydrogen (secondary N) is 1. The first-order valence-corrected chi connectivity index (χ1v) is 9.58. The quantitative estimate of drug-likeness (QED) is 0.689. The number of aromatic nitrogens is 2. The fraction of sp³-hybridized carbons (Fsp3) is 0.318. The van der Waals surface area contributed by atoms with Gasteiger partial charge in [0.15, 0.2) is 11.5 Å². The van der Waals surface area contributed by atoms with Crippen LogP contribution in [0.25, 0.3) is 16.9 Å². The smallest absolute Gasteiger partial charge is 0.203 e. The van der Waals surface area contributed by atoms with E-state index in [0.29, 0.717) is 17.2 Å². The van der Waals surface area contributed by atoms with Gasteiger partial charge in [0.1, 0.15) is 11.6 Å². The van der Waals surface area contributed by atoms with Gasteiger partial charge in [0, 0.05) is 17.7 Å². The van der Waals surface area contributed by atoms with Crippen molar-refractivity contribution in [3.05, 3.63) is 47.8 Å². The Labute approximate surface area is 169 Å². The lowest BCUT2D eigenvalue weighted by molar-refractivity contribution is 0.324. The second-order valence-corrected chi connectivity index (χ2v) is 6.86. The normalized spacial score (nSPS) is 13.2. The molecule has 1 aliphatic rings. The Hall–Kier alpha value is -3.22. The van der Waals surface area contributed by atoms with Crippen molar-refractivity contribution in [2.75, 3.05) is 33.2 Å². The van der Waals surface area contributed by atoms with E-state index in [1.165, 1.54) is 12.1 Å². The van der Waals surface area contributed by atoms with Crippen molar-refractivity contribution in [3.8, 4) is 34.2 Å². The zero-order chi connectivity index (χ0) is 20.4. The van der Waals surface area contributed by atoms with Gasteiger partial charge in [0.2, 0.25) is 5.75 Å².